The molecule has 2 aliphatic carbocycles. The molecule has 2 saturated carbocycles. The van der Waals surface area contributed by atoms with Crippen LogP contribution in [0.2, 0.25) is 0 Å². The first kappa shape index (κ1) is 8.15. The van der Waals surface area contributed by atoms with Crippen LogP contribution in [0.1, 0.15) is 38.5 Å². The number of allylic oxidation sites excluding steroid dienone is 1. The highest BCUT2D eigenvalue weighted by Crippen LogP contribution is 2.44. The number of rotatable bonds is 1. The van der Waals surface area contributed by atoms with Crippen LogP contribution in [0.5, 0.6) is 0 Å². The van der Waals surface area contributed by atoms with E-state index in [0.29, 0.717) is 0 Å². The molecule has 0 N–H and O–H groups in total. The molecule has 0 heterocycles. The molecule has 0 aromatic rings. The minimum atomic E-state index is 1.00. The van der Waals surface area contributed by atoms with Gasteiger partial charge in [-0.15, -0.1) is 0 Å². The summed E-state index contributed by atoms with van der Waals surface area (Å²) in [6.45, 7) is 0. The summed E-state index contributed by atoms with van der Waals surface area (Å²) < 4.78 is 5.07. The fraction of sp³-hybridized carbons (Fsp3) is 0.818. The zero-order chi connectivity index (χ0) is 8.39. The van der Waals surface area contributed by atoms with Gasteiger partial charge in [-0.25, -0.2) is 0 Å². The molecule has 0 amide bonds. The van der Waals surface area contributed by atoms with Gasteiger partial charge < -0.3 is 4.74 Å². The van der Waals surface area contributed by atoms with E-state index in [0.717, 1.165) is 11.8 Å². The molecule has 1 heteroatoms. The van der Waals surface area contributed by atoms with E-state index in [1.54, 1.807) is 12.7 Å². The Hall–Kier alpha value is -0.460. The summed E-state index contributed by atoms with van der Waals surface area (Å²) in [5.74, 6) is 2.00. The highest BCUT2D eigenvalue weighted by molar-refractivity contribution is 5.09. The first-order chi connectivity index (χ1) is 5.90. The minimum Gasteiger partial charge on any atom is -0.504 e. The molecule has 0 unspecified atom stereocenters. The van der Waals surface area contributed by atoms with E-state index < -0.39 is 0 Å². The van der Waals surface area contributed by atoms with E-state index in [-0.39, 0.29) is 0 Å². The van der Waals surface area contributed by atoms with Crippen molar-refractivity contribution in [3.8, 4) is 0 Å². The van der Waals surface area contributed by atoms with Gasteiger partial charge in [0, 0.05) is 0 Å². The average Bonchev–Trinajstić information content (AvgIpc) is 2.47. The fourth-order valence-electron chi connectivity index (χ4n) is 2.84. The number of methoxy groups -OCH3 is 1. The van der Waals surface area contributed by atoms with Crippen LogP contribution in [0.15, 0.2) is 11.8 Å². The molecule has 0 radical (unpaired) electrons. The first-order valence-electron chi connectivity index (χ1n) is 5.11. The molecule has 0 aromatic heterocycles. The molecule has 2 fully saturated rings. The van der Waals surface area contributed by atoms with Crippen LogP contribution in [0, 0.1) is 11.8 Å². The first-order valence-corrected chi connectivity index (χ1v) is 5.11. The van der Waals surface area contributed by atoms with Gasteiger partial charge in [-0.1, -0.05) is 12.8 Å². The monoisotopic (exact) mass is 166 g/mol. The molecular weight excluding hydrogens is 148 g/mol. The van der Waals surface area contributed by atoms with Gasteiger partial charge >= 0.3 is 0 Å². The van der Waals surface area contributed by atoms with Gasteiger partial charge in [0.05, 0.1) is 13.4 Å². The van der Waals surface area contributed by atoms with Crippen LogP contribution in [0.4, 0.5) is 0 Å². The van der Waals surface area contributed by atoms with Gasteiger partial charge in [0.1, 0.15) is 0 Å². The normalized spacial score (nSPS) is 34.6. The summed E-state index contributed by atoms with van der Waals surface area (Å²) in [6, 6.07) is 0. The second-order valence-corrected chi connectivity index (χ2v) is 4.22. The van der Waals surface area contributed by atoms with Crippen molar-refractivity contribution in [2.75, 3.05) is 7.11 Å². The molecular formula is C11H18O. The predicted octanol–water partition coefficient (Wildman–Crippen LogP) is 3.12. The molecule has 68 valence electrons. The van der Waals surface area contributed by atoms with Crippen LogP contribution in [0.3, 0.4) is 0 Å². The third-order valence-electron chi connectivity index (χ3n) is 3.40. The summed E-state index contributed by atoms with van der Waals surface area (Å²) in [7, 11) is 1.76. The Morgan fingerprint density at radius 1 is 1.17 bits per heavy atom. The van der Waals surface area contributed by atoms with Crippen LogP contribution >= 0.6 is 0 Å². The van der Waals surface area contributed by atoms with E-state index in [1.165, 1.54) is 38.5 Å². The zero-order valence-electron chi connectivity index (χ0n) is 7.88. The second kappa shape index (κ2) is 3.51. The highest BCUT2D eigenvalue weighted by Gasteiger charge is 2.32. The van der Waals surface area contributed by atoms with Crippen molar-refractivity contribution in [2.24, 2.45) is 11.8 Å². The quantitative estimate of drug-likeness (QED) is 0.544. The summed E-state index contributed by atoms with van der Waals surface area (Å²) in [5.41, 5.74) is 1.55. The Balaban J connectivity index is 1.98. The van der Waals surface area contributed by atoms with E-state index in [9.17, 15) is 0 Å². The molecule has 2 rings (SSSR count). The molecule has 2 atom stereocenters. The van der Waals surface area contributed by atoms with Gasteiger partial charge in [-0.2, -0.15) is 0 Å². The summed E-state index contributed by atoms with van der Waals surface area (Å²) >= 11 is 0. The average molecular weight is 166 g/mol. The standard InChI is InChI=1S/C11H18O/c1-12-8-9-6-10-4-2-3-5-11(10)7-9/h8,10-11H,2-7H2,1H3/t10-,11-/m1/s1. The van der Waals surface area contributed by atoms with Crippen molar-refractivity contribution in [3.63, 3.8) is 0 Å². The Bertz CT molecular complexity index is 167. The lowest BCUT2D eigenvalue weighted by Gasteiger charge is -2.23. The maximum Gasteiger partial charge on any atom is 0.0816 e. The van der Waals surface area contributed by atoms with Crippen molar-refractivity contribution in [1.82, 2.24) is 0 Å². The van der Waals surface area contributed by atoms with E-state index in [4.69, 9.17) is 4.74 Å². The van der Waals surface area contributed by atoms with Crippen molar-refractivity contribution in [1.29, 1.82) is 0 Å². The lowest BCUT2D eigenvalue weighted by Crippen LogP contribution is -2.12. The Labute approximate surface area is 74.8 Å². The molecule has 0 aromatic carbocycles. The van der Waals surface area contributed by atoms with Gasteiger partial charge in [-0.3, -0.25) is 0 Å². The minimum absolute atomic E-state index is 1.00. The molecule has 0 aliphatic heterocycles. The largest absolute Gasteiger partial charge is 0.504 e. The zero-order valence-corrected chi connectivity index (χ0v) is 7.88. The Morgan fingerprint density at radius 2 is 1.75 bits per heavy atom. The second-order valence-electron chi connectivity index (χ2n) is 4.22. The van der Waals surface area contributed by atoms with Crippen LogP contribution < -0.4 is 0 Å². The third-order valence-corrected chi connectivity index (χ3v) is 3.40. The maximum atomic E-state index is 5.07. The van der Waals surface area contributed by atoms with E-state index in [2.05, 4.69) is 0 Å². The molecule has 0 spiro atoms. The Morgan fingerprint density at radius 3 is 2.25 bits per heavy atom. The third kappa shape index (κ3) is 1.50. The Kier molecular flexibility index (Phi) is 2.38. The smallest absolute Gasteiger partial charge is 0.0816 e. The van der Waals surface area contributed by atoms with E-state index in [1.807, 2.05) is 6.26 Å². The van der Waals surface area contributed by atoms with Gasteiger partial charge in [0.2, 0.25) is 0 Å². The lowest BCUT2D eigenvalue weighted by molar-refractivity contribution is 0.277. The van der Waals surface area contributed by atoms with Crippen LogP contribution in [-0.4, -0.2) is 7.11 Å². The predicted molar refractivity (Wildman–Crippen MR) is 49.8 cm³/mol. The topological polar surface area (TPSA) is 9.23 Å². The number of fused-ring (bicyclic) bond motifs is 1. The van der Waals surface area contributed by atoms with E-state index >= 15 is 0 Å². The summed E-state index contributed by atoms with van der Waals surface area (Å²) in [4.78, 5) is 0. The number of hydrogen-bond donors (Lipinski definition) is 0. The molecule has 2 aliphatic rings. The van der Waals surface area contributed by atoms with Crippen molar-refractivity contribution >= 4 is 0 Å². The number of ether oxygens (including phenoxy) is 1. The molecule has 0 saturated heterocycles. The van der Waals surface area contributed by atoms with Crippen molar-refractivity contribution in [3.05, 3.63) is 11.8 Å². The summed E-state index contributed by atoms with van der Waals surface area (Å²) in [5, 5.41) is 0. The highest BCUT2D eigenvalue weighted by atomic mass is 16.5. The fourth-order valence-corrected chi connectivity index (χ4v) is 2.84. The summed E-state index contributed by atoms with van der Waals surface area (Å²) in [6.07, 6.45) is 10.5. The maximum absolute atomic E-state index is 5.07. The van der Waals surface area contributed by atoms with Crippen LogP contribution in [0.25, 0.3) is 0 Å². The molecule has 1 nitrogen and oxygen atoms in total. The van der Waals surface area contributed by atoms with Gasteiger partial charge in [-0.05, 0) is 43.1 Å². The van der Waals surface area contributed by atoms with Gasteiger partial charge in [0.15, 0.2) is 0 Å². The number of hydrogen-bond acceptors (Lipinski definition) is 1. The van der Waals surface area contributed by atoms with Crippen molar-refractivity contribution in [2.45, 2.75) is 38.5 Å². The lowest BCUT2D eigenvalue weighted by atomic mass is 9.82. The molecule has 12 heavy (non-hydrogen) atoms. The van der Waals surface area contributed by atoms with Gasteiger partial charge in [0.25, 0.3) is 0 Å². The SMILES string of the molecule is COC=C1C[C@H]2CCCC[C@@H]2C1. The van der Waals surface area contributed by atoms with Crippen LogP contribution in [-0.2, 0) is 4.74 Å². The molecule has 0 bridgehead atoms. The van der Waals surface area contributed by atoms with Crippen molar-refractivity contribution < 1.29 is 4.74 Å².